The van der Waals surface area contributed by atoms with Gasteiger partial charge in [-0.05, 0) is 51.0 Å². The van der Waals surface area contributed by atoms with E-state index in [0.29, 0.717) is 41.4 Å². The molecule has 3 rings (SSSR count). The molecule has 0 bridgehead atoms. The van der Waals surface area contributed by atoms with Gasteiger partial charge in [0.05, 0.1) is 5.75 Å². The Kier molecular flexibility index (Phi) is 5.92. The average molecular weight is 374 g/mol. The number of anilines is 1. The number of aromatic nitrogens is 2. The first-order valence-corrected chi connectivity index (χ1v) is 9.74. The highest BCUT2D eigenvalue weighted by Gasteiger charge is 2.29. The molecule has 0 unspecified atom stereocenters. The number of benzene rings is 1. The van der Waals surface area contributed by atoms with Crippen LogP contribution in [-0.2, 0) is 4.79 Å². The molecule has 0 radical (unpaired) electrons. The molecule has 1 saturated carbocycles. The number of carbonyl (C=O) groups excluding carboxylic acids is 2. The molecular weight excluding hydrogens is 352 g/mol. The van der Waals surface area contributed by atoms with Gasteiger partial charge in [-0.3, -0.25) is 9.59 Å². The Hall–Kier alpha value is -2.35. The summed E-state index contributed by atoms with van der Waals surface area (Å²) < 4.78 is 5.51. The zero-order valence-electron chi connectivity index (χ0n) is 14.9. The second-order valence-electron chi connectivity index (χ2n) is 6.07. The zero-order valence-corrected chi connectivity index (χ0v) is 15.7. The molecule has 1 aliphatic carbocycles. The normalized spacial score (nSPS) is 13.5. The van der Waals surface area contributed by atoms with Crippen LogP contribution in [0.25, 0.3) is 0 Å². The molecule has 0 aliphatic heterocycles. The number of hydrogen-bond donors (Lipinski definition) is 1. The molecule has 1 fully saturated rings. The number of thioether (sulfide) groups is 1. The van der Waals surface area contributed by atoms with Crippen LogP contribution in [0.1, 0.15) is 48.9 Å². The van der Waals surface area contributed by atoms with Crippen molar-refractivity contribution in [2.24, 2.45) is 0 Å². The largest absolute Gasteiger partial charge is 0.416 e. The van der Waals surface area contributed by atoms with E-state index in [9.17, 15) is 9.59 Å². The Balaban J connectivity index is 1.49. The minimum atomic E-state index is -0.163. The van der Waals surface area contributed by atoms with E-state index in [-0.39, 0.29) is 17.6 Å². The standard InChI is InChI=1S/C18H22N4O3S/c1-3-22(4-2)17(24)13-7-9-14(10-8-13)19-15(23)11-26-18-21-20-16(25-18)12-5-6-12/h7-10,12H,3-6,11H2,1-2H3,(H,19,23). The maximum Gasteiger partial charge on any atom is 0.277 e. The van der Waals surface area contributed by atoms with Crippen LogP contribution in [0.4, 0.5) is 5.69 Å². The van der Waals surface area contributed by atoms with E-state index in [0.717, 1.165) is 12.8 Å². The minimum absolute atomic E-state index is 0.00806. The fraction of sp³-hybridized carbons (Fsp3) is 0.444. The van der Waals surface area contributed by atoms with Crippen molar-refractivity contribution in [3.8, 4) is 0 Å². The number of nitrogens with zero attached hydrogens (tertiary/aromatic N) is 3. The van der Waals surface area contributed by atoms with Gasteiger partial charge >= 0.3 is 0 Å². The van der Waals surface area contributed by atoms with Crippen LogP contribution in [0.3, 0.4) is 0 Å². The lowest BCUT2D eigenvalue weighted by Gasteiger charge is -2.18. The summed E-state index contributed by atoms with van der Waals surface area (Å²) in [4.78, 5) is 26.1. The second-order valence-corrected chi connectivity index (χ2v) is 7.00. The van der Waals surface area contributed by atoms with Gasteiger partial charge in [-0.15, -0.1) is 10.2 Å². The Morgan fingerprint density at radius 1 is 1.19 bits per heavy atom. The molecule has 1 aliphatic rings. The van der Waals surface area contributed by atoms with Gasteiger partial charge in [0.2, 0.25) is 11.8 Å². The predicted molar refractivity (Wildman–Crippen MR) is 99.3 cm³/mol. The van der Waals surface area contributed by atoms with Crippen LogP contribution in [0, 0.1) is 0 Å². The zero-order chi connectivity index (χ0) is 18.5. The Morgan fingerprint density at radius 2 is 1.88 bits per heavy atom. The number of amides is 2. The van der Waals surface area contributed by atoms with Gasteiger partial charge in [-0.2, -0.15) is 0 Å². The Labute approximate surface area is 156 Å². The molecule has 1 aromatic carbocycles. The first kappa shape index (κ1) is 18.4. The van der Waals surface area contributed by atoms with Crippen LogP contribution in [0.5, 0.6) is 0 Å². The molecule has 1 N–H and O–H groups in total. The highest BCUT2D eigenvalue weighted by Crippen LogP contribution is 2.39. The maximum absolute atomic E-state index is 12.3. The topological polar surface area (TPSA) is 88.3 Å². The number of rotatable bonds is 8. The lowest BCUT2D eigenvalue weighted by molar-refractivity contribution is -0.113. The highest BCUT2D eigenvalue weighted by atomic mass is 32.2. The maximum atomic E-state index is 12.3. The third-order valence-corrected chi connectivity index (χ3v) is 4.96. The third-order valence-electron chi connectivity index (χ3n) is 4.14. The van der Waals surface area contributed by atoms with E-state index < -0.39 is 0 Å². The van der Waals surface area contributed by atoms with E-state index >= 15 is 0 Å². The van der Waals surface area contributed by atoms with Crippen LogP contribution in [-0.4, -0.2) is 45.8 Å². The summed E-state index contributed by atoms with van der Waals surface area (Å²) in [6, 6.07) is 6.92. The molecule has 1 aromatic heterocycles. The van der Waals surface area contributed by atoms with Crippen LogP contribution in [0.15, 0.2) is 33.9 Å². The molecule has 26 heavy (non-hydrogen) atoms. The Bertz CT molecular complexity index is 767. The van der Waals surface area contributed by atoms with Gasteiger partial charge in [-0.25, -0.2) is 0 Å². The molecule has 138 valence electrons. The van der Waals surface area contributed by atoms with Crippen LogP contribution < -0.4 is 5.32 Å². The monoisotopic (exact) mass is 374 g/mol. The summed E-state index contributed by atoms with van der Waals surface area (Å²) in [7, 11) is 0. The number of carbonyl (C=O) groups is 2. The van der Waals surface area contributed by atoms with Crippen molar-refractivity contribution < 1.29 is 14.0 Å². The summed E-state index contributed by atoms with van der Waals surface area (Å²) >= 11 is 1.22. The summed E-state index contributed by atoms with van der Waals surface area (Å²) in [6.07, 6.45) is 2.19. The smallest absolute Gasteiger partial charge is 0.277 e. The van der Waals surface area contributed by atoms with E-state index in [2.05, 4.69) is 15.5 Å². The van der Waals surface area contributed by atoms with Crippen molar-refractivity contribution in [1.29, 1.82) is 0 Å². The molecular formula is C18H22N4O3S. The molecule has 0 atom stereocenters. The van der Waals surface area contributed by atoms with Gasteiger partial charge in [0.1, 0.15) is 0 Å². The van der Waals surface area contributed by atoms with E-state index in [4.69, 9.17) is 4.42 Å². The number of nitrogens with one attached hydrogen (secondary N) is 1. The van der Waals surface area contributed by atoms with Crippen molar-refractivity contribution in [1.82, 2.24) is 15.1 Å². The first-order valence-electron chi connectivity index (χ1n) is 8.76. The molecule has 8 heteroatoms. The molecule has 2 aromatic rings. The lowest BCUT2D eigenvalue weighted by Crippen LogP contribution is -2.30. The van der Waals surface area contributed by atoms with E-state index in [1.165, 1.54) is 11.8 Å². The van der Waals surface area contributed by atoms with Crippen molar-refractivity contribution in [3.63, 3.8) is 0 Å². The van der Waals surface area contributed by atoms with E-state index in [1.54, 1.807) is 29.2 Å². The first-order chi connectivity index (χ1) is 12.6. The van der Waals surface area contributed by atoms with Gasteiger partial charge < -0.3 is 14.6 Å². The van der Waals surface area contributed by atoms with Crippen molar-refractivity contribution in [2.75, 3.05) is 24.2 Å². The van der Waals surface area contributed by atoms with E-state index in [1.807, 2.05) is 13.8 Å². The van der Waals surface area contributed by atoms with Gasteiger partial charge in [0.25, 0.3) is 11.1 Å². The third kappa shape index (κ3) is 4.63. The molecule has 2 amide bonds. The highest BCUT2D eigenvalue weighted by molar-refractivity contribution is 7.99. The number of hydrogen-bond acceptors (Lipinski definition) is 6. The minimum Gasteiger partial charge on any atom is -0.416 e. The fourth-order valence-electron chi connectivity index (χ4n) is 2.49. The molecule has 0 saturated heterocycles. The molecule has 7 nitrogen and oxygen atoms in total. The van der Waals surface area contributed by atoms with Gasteiger partial charge in [0.15, 0.2) is 0 Å². The predicted octanol–water partition coefficient (Wildman–Crippen LogP) is 3.16. The SMILES string of the molecule is CCN(CC)C(=O)c1ccc(NC(=O)CSc2nnc(C3CC3)o2)cc1. The average Bonchev–Trinajstić information content (AvgIpc) is 3.40. The Morgan fingerprint density at radius 3 is 2.50 bits per heavy atom. The quantitative estimate of drug-likeness (QED) is 0.714. The molecule has 1 heterocycles. The van der Waals surface area contributed by atoms with Crippen LogP contribution >= 0.6 is 11.8 Å². The summed E-state index contributed by atoms with van der Waals surface area (Å²) in [5.74, 6) is 1.09. The van der Waals surface area contributed by atoms with Crippen molar-refractivity contribution in [2.45, 2.75) is 37.8 Å². The van der Waals surface area contributed by atoms with Gasteiger partial charge in [-0.1, -0.05) is 11.8 Å². The summed E-state index contributed by atoms with van der Waals surface area (Å²) in [5, 5.41) is 11.2. The van der Waals surface area contributed by atoms with Crippen molar-refractivity contribution in [3.05, 3.63) is 35.7 Å². The van der Waals surface area contributed by atoms with Crippen molar-refractivity contribution >= 4 is 29.3 Å². The summed E-state index contributed by atoms with van der Waals surface area (Å²) in [6.45, 7) is 5.24. The van der Waals surface area contributed by atoms with Crippen LogP contribution in [0.2, 0.25) is 0 Å². The van der Waals surface area contributed by atoms with Gasteiger partial charge in [0, 0.05) is 30.3 Å². The fourth-order valence-corrected chi connectivity index (χ4v) is 3.06. The second kappa shape index (κ2) is 8.35. The lowest BCUT2D eigenvalue weighted by atomic mass is 10.2. The molecule has 0 spiro atoms. The summed E-state index contributed by atoms with van der Waals surface area (Å²) in [5.41, 5.74) is 1.26.